The average molecular weight is 516 g/mol. The number of carbonyl (C=O) groups is 3. The van der Waals surface area contributed by atoms with Gasteiger partial charge in [-0.25, -0.2) is 0 Å². The second-order valence-corrected chi connectivity index (χ2v) is 10.8. The van der Waals surface area contributed by atoms with Crippen molar-refractivity contribution in [3.63, 3.8) is 0 Å². The van der Waals surface area contributed by atoms with Crippen molar-refractivity contribution in [3.05, 3.63) is 24.3 Å². The highest BCUT2D eigenvalue weighted by Crippen LogP contribution is 2.65. The summed E-state index contributed by atoms with van der Waals surface area (Å²) in [5, 5.41) is 15.5. The Labute approximate surface area is 219 Å². The van der Waals surface area contributed by atoms with E-state index >= 15 is 0 Å². The molecular formula is C28H41N3O6. The molecule has 9 nitrogen and oxygen atoms in total. The number of benzene rings is 1. The number of amides is 3. The number of nitrogens with zero attached hydrogens (tertiary/aromatic N) is 1. The fraction of sp³-hybridized carbons (Fsp3) is 0.679. The molecule has 6 atom stereocenters. The summed E-state index contributed by atoms with van der Waals surface area (Å²) in [5.41, 5.74) is -1.34. The predicted octanol–water partition coefficient (Wildman–Crippen LogP) is 2.72. The van der Waals surface area contributed by atoms with E-state index in [2.05, 4.69) is 17.6 Å². The van der Waals surface area contributed by atoms with Gasteiger partial charge in [0.25, 0.3) is 0 Å². The molecule has 3 saturated heterocycles. The van der Waals surface area contributed by atoms with Gasteiger partial charge in [-0.2, -0.15) is 0 Å². The Morgan fingerprint density at radius 1 is 1.16 bits per heavy atom. The minimum atomic E-state index is -1.07. The van der Waals surface area contributed by atoms with Crippen LogP contribution in [0, 0.1) is 17.8 Å². The molecule has 9 heteroatoms. The van der Waals surface area contributed by atoms with Gasteiger partial charge in [-0.05, 0) is 63.3 Å². The van der Waals surface area contributed by atoms with Crippen molar-refractivity contribution in [1.29, 1.82) is 0 Å². The van der Waals surface area contributed by atoms with Crippen LogP contribution in [0.25, 0.3) is 0 Å². The van der Waals surface area contributed by atoms with E-state index in [0.29, 0.717) is 37.4 Å². The van der Waals surface area contributed by atoms with Gasteiger partial charge in [0.15, 0.2) is 0 Å². The van der Waals surface area contributed by atoms with Gasteiger partial charge in [-0.15, -0.1) is 0 Å². The molecule has 3 heterocycles. The zero-order valence-electron chi connectivity index (χ0n) is 22.4. The van der Waals surface area contributed by atoms with E-state index in [4.69, 9.17) is 9.47 Å². The summed E-state index contributed by atoms with van der Waals surface area (Å²) >= 11 is 0. The Balaban J connectivity index is 1.63. The number of anilines is 1. The molecule has 3 aliphatic rings. The van der Waals surface area contributed by atoms with Crippen molar-refractivity contribution in [2.75, 3.05) is 31.6 Å². The van der Waals surface area contributed by atoms with E-state index in [0.717, 1.165) is 19.3 Å². The minimum absolute atomic E-state index is 0.0270. The Morgan fingerprint density at radius 2 is 1.89 bits per heavy atom. The largest absolute Gasteiger partial charge is 0.494 e. The smallest absolute Gasteiger partial charge is 0.245 e. The lowest BCUT2D eigenvalue weighted by molar-refractivity contribution is -0.146. The van der Waals surface area contributed by atoms with Gasteiger partial charge >= 0.3 is 0 Å². The molecule has 4 rings (SSSR count). The minimum Gasteiger partial charge on any atom is -0.494 e. The number of unbranched alkanes of at least 4 members (excludes halogenated alkanes) is 2. The number of rotatable bonds is 12. The van der Waals surface area contributed by atoms with E-state index in [-0.39, 0.29) is 36.8 Å². The highest BCUT2D eigenvalue weighted by molar-refractivity contribution is 6.02. The molecule has 3 N–H and O–H groups in total. The summed E-state index contributed by atoms with van der Waals surface area (Å²) in [6.07, 6.45) is 3.78. The van der Waals surface area contributed by atoms with Gasteiger partial charge in [0.2, 0.25) is 17.7 Å². The SMILES string of the molecule is CCCCCNC(=O)C1N(CCCO)C(=O)[C@@H]2[C@H](C(=O)Nc3ccc(OCC)cc3)[C@@]3(C)OC12CC3C. The third-order valence-electron chi connectivity index (χ3n) is 8.41. The molecule has 37 heavy (non-hydrogen) atoms. The molecule has 1 spiro atoms. The molecule has 2 bridgehead atoms. The van der Waals surface area contributed by atoms with Crippen molar-refractivity contribution >= 4 is 23.4 Å². The van der Waals surface area contributed by atoms with E-state index in [1.165, 1.54) is 0 Å². The maximum Gasteiger partial charge on any atom is 0.245 e. The third kappa shape index (κ3) is 4.72. The van der Waals surface area contributed by atoms with Gasteiger partial charge < -0.3 is 30.1 Å². The van der Waals surface area contributed by atoms with Crippen LogP contribution >= 0.6 is 0 Å². The zero-order valence-corrected chi connectivity index (χ0v) is 22.4. The van der Waals surface area contributed by atoms with Crippen LogP contribution in [-0.2, 0) is 19.1 Å². The third-order valence-corrected chi connectivity index (χ3v) is 8.41. The van der Waals surface area contributed by atoms with Crippen LogP contribution in [0.1, 0.15) is 59.8 Å². The van der Waals surface area contributed by atoms with E-state index in [1.54, 1.807) is 29.2 Å². The first kappa shape index (κ1) is 27.4. The van der Waals surface area contributed by atoms with Gasteiger partial charge in [-0.3, -0.25) is 14.4 Å². The number of carbonyl (C=O) groups excluding carboxylic acids is 3. The lowest BCUT2D eigenvalue weighted by atomic mass is 9.62. The Kier molecular flexibility index (Phi) is 8.14. The number of aliphatic hydroxyl groups excluding tert-OH is 1. The summed E-state index contributed by atoms with van der Waals surface area (Å²) in [7, 11) is 0. The molecule has 1 aromatic rings. The van der Waals surface area contributed by atoms with Crippen LogP contribution in [0.3, 0.4) is 0 Å². The van der Waals surface area contributed by atoms with E-state index < -0.39 is 29.1 Å². The van der Waals surface area contributed by atoms with E-state index in [9.17, 15) is 19.5 Å². The number of fused-ring (bicyclic) bond motifs is 1. The summed E-state index contributed by atoms with van der Waals surface area (Å²) < 4.78 is 12.2. The lowest BCUT2D eigenvalue weighted by Crippen LogP contribution is -2.56. The number of hydrogen-bond donors (Lipinski definition) is 3. The topological polar surface area (TPSA) is 117 Å². The molecule has 3 amide bonds. The summed E-state index contributed by atoms with van der Waals surface area (Å²) in [6.45, 7) is 9.15. The second kappa shape index (κ2) is 11.0. The molecule has 3 aliphatic heterocycles. The fourth-order valence-electron chi connectivity index (χ4n) is 6.63. The number of aliphatic hydroxyl groups is 1. The molecule has 3 unspecified atom stereocenters. The molecule has 0 saturated carbocycles. The first-order chi connectivity index (χ1) is 17.7. The van der Waals surface area contributed by atoms with Crippen molar-refractivity contribution in [3.8, 4) is 5.75 Å². The summed E-state index contributed by atoms with van der Waals surface area (Å²) in [5.74, 6) is -1.60. The monoisotopic (exact) mass is 515 g/mol. The molecule has 204 valence electrons. The quantitative estimate of drug-likeness (QED) is 0.369. The normalized spacial score (nSPS) is 31.9. The molecule has 0 aliphatic carbocycles. The maximum absolute atomic E-state index is 13.9. The van der Waals surface area contributed by atoms with Crippen LogP contribution in [0.2, 0.25) is 0 Å². The van der Waals surface area contributed by atoms with Crippen molar-refractivity contribution in [2.24, 2.45) is 17.8 Å². The maximum atomic E-state index is 13.9. The summed E-state index contributed by atoms with van der Waals surface area (Å²) in [6, 6.07) is 6.30. The first-order valence-corrected chi connectivity index (χ1v) is 13.7. The van der Waals surface area contributed by atoms with Crippen LogP contribution < -0.4 is 15.4 Å². The van der Waals surface area contributed by atoms with Crippen LogP contribution in [0.5, 0.6) is 5.75 Å². The molecular weight excluding hydrogens is 474 g/mol. The lowest BCUT2D eigenvalue weighted by Gasteiger charge is -2.36. The van der Waals surface area contributed by atoms with Crippen LogP contribution in [-0.4, -0.2) is 71.3 Å². The molecule has 0 aromatic heterocycles. The highest BCUT2D eigenvalue weighted by Gasteiger charge is 2.79. The number of likely N-dealkylation sites (tertiary alicyclic amines) is 1. The Hall–Kier alpha value is -2.65. The van der Waals surface area contributed by atoms with Crippen LogP contribution in [0.15, 0.2) is 24.3 Å². The summed E-state index contributed by atoms with van der Waals surface area (Å²) in [4.78, 5) is 42.8. The van der Waals surface area contributed by atoms with Crippen molar-refractivity contribution in [2.45, 2.75) is 77.0 Å². The standard InChI is InChI=1S/C28H41N3O6/c1-5-7-8-14-29-25(34)23-28-17-18(3)27(4,37-28)21(22(28)26(35)31(23)15-9-16-32)24(33)30-19-10-12-20(13-11-19)36-6-2/h10-13,18,21-23,32H,5-9,14-17H2,1-4H3,(H,29,34)(H,30,33)/t18?,21-,22+,23?,27+,28?/m1/s1. The van der Waals surface area contributed by atoms with Crippen molar-refractivity contribution in [1.82, 2.24) is 10.2 Å². The molecule has 3 fully saturated rings. The zero-order chi connectivity index (χ0) is 26.8. The second-order valence-electron chi connectivity index (χ2n) is 10.8. The Morgan fingerprint density at radius 3 is 2.54 bits per heavy atom. The highest BCUT2D eigenvalue weighted by atomic mass is 16.5. The number of hydrogen-bond acceptors (Lipinski definition) is 6. The van der Waals surface area contributed by atoms with Crippen LogP contribution in [0.4, 0.5) is 5.69 Å². The number of ether oxygens (including phenoxy) is 2. The molecule has 1 aromatic carbocycles. The van der Waals surface area contributed by atoms with Gasteiger partial charge in [0.1, 0.15) is 17.4 Å². The molecule has 0 radical (unpaired) electrons. The van der Waals surface area contributed by atoms with Gasteiger partial charge in [0.05, 0.1) is 24.0 Å². The first-order valence-electron chi connectivity index (χ1n) is 13.7. The average Bonchev–Trinajstić information content (AvgIpc) is 3.38. The van der Waals surface area contributed by atoms with Gasteiger partial charge in [0, 0.05) is 25.4 Å². The van der Waals surface area contributed by atoms with Crippen molar-refractivity contribution < 1.29 is 29.0 Å². The fourth-order valence-corrected chi connectivity index (χ4v) is 6.63. The number of nitrogens with one attached hydrogen (secondary N) is 2. The van der Waals surface area contributed by atoms with E-state index in [1.807, 2.05) is 20.8 Å². The van der Waals surface area contributed by atoms with Gasteiger partial charge in [-0.1, -0.05) is 26.7 Å². The Bertz CT molecular complexity index is 1000. The predicted molar refractivity (Wildman–Crippen MR) is 139 cm³/mol.